The maximum absolute atomic E-state index is 12.5. The second kappa shape index (κ2) is 37.3. The molecule has 0 aromatic carbocycles. The van der Waals surface area contributed by atoms with Crippen LogP contribution in [0.2, 0.25) is 0 Å². The van der Waals surface area contributed by atoms with Crippen molar-refractivity contribution in [3.8, 4) is 0 Å². The topological polar surface area (TPSA) is 104 Å². The lowest BCUT2D eigenvalue weighted by Crippen LogP contribution is -2.46. The molecule has 0 rings (SSSR count). The quantitative estimate of drug-likeness (QED) is 0.0334. The van der Waals surface area contributed by atoms with Crippen LogP contribution in [0.5, 0.6) is 0 Å². The van der Waals surface area contributed by atoms with Gasteiger partial charge in [-0.3, -0.25) is 9.35 Å². The van der Waals surface area contributed by atoms with Gasteiger partial charge in [-0.2, -0.15) is 8.42 Å². The third-order valence-corrected chi connectivity index (χ3v) is 10.3. The zero-order valence-corrected chi connectivity index (χ0v) is 33.6. The maximum atomic E-state index is 12.5. The molecule has 0 spiro atoms. The molecule has 0 bridgehead atoms. The van der Waals surface area contributed by atoms with E-state index in [0.717, 1.165) is 38.5 Å². The highest BCUT2D eigenvalue weighted by molar-refractivity contribution is 7.85. The number of unbranched alkanes of at least 4 members (excludes halogenated alkanes) is 26. The zero-order chi connectivity index (χ0) is 36.8. The Hall–Kier alpha value is -1.44. The number of rotatable bonds is 38. The van der Waals surface area contributed by atoms with Gasteiger partial charge < -0.3 is 10.4 Å². The van der Waals surface area contributed by atoms with Crippen molar-refractivity contribution in [2.75, 3.05) is 5.75 Å². The molecular formula is C43H81NO5S. The first-order valence-corrected chi connectivity index (χ1v) is 22.8. The van der Waals surface area contributed by atoms with Crippen LogP contribution in [0, 0.1) is 0 Å². The molecule has 0 aliphatic carbocycles. The minimum atomic E-state index is -4.35. The first-order valence-electron chi connectivity index (χ1n) is 21.2. The van der Waals surface area contributed by atoms with Gasteiger partial charge in [0.15, 0.2) is 0 Å². The SMILES string of the molecule is CCCCCCCCC/C=C\CCCCCCCCCC(=O)NC(CS(=O)(=O)O)C(O)/C=C/CC/C=C/CCCCCCCCCCCCC. The molecule has 294 valence electrons. The molecule has 2 unspecified atom stereocenters. The van der Waals surface area contributed by atoms with Gasteiger partial charge in [-0.15, -0.1) is 0 Å². The summed E-state index contributed by atoms with van der Waals surface area (Å²) in [7, 11) is -4.35. The predicted molar refractivity (Wildman–Crippen MR) is 216 cm³/mol. The predicted octanol–water partition coefficient (Wildman–Crippen LogP) is 12.5. The smallest absolute Gasteiger partial charge is 0.267 e. The third-order valence-electron chi connectivity index (χ3n) is 9.54. The summed E-state index contributed by atoms with van der Waals surface area (Å²) in [5.74, 6) is -1.00. The van der Waals surface area contributed by atoms with E-state index in [1.165, 1.54) is 154 Å². The molecule has 0 aromatic rings. The van der Waals surface area contributed by atoms with Gasteiger partial charge in [0.1, 0.15) is 0 Å². The summed E-state index contributed by atoms with van der Waals surface area (Å²) in [5.41, 5.74) is 0. The molecule has 0 aliphatic rings. The zero-order valence-electron chi connectivity index (χ0n) is 32.8. The number of hydrogen-bond acceptors (Lipinski definition) is 4. The molecule has 0 aliphatic heterocycles. The second-order valence-corrected chi connectivity index (χ2v) is 16.1. The highest BCUT2D eigenvalue weighted by Crippen LogP contribution is 2.14. The van der Waals surface area contributed by atoms with Crippen LogP contribution in [0.25, 0.3) is 0 Å². The van der Waals surface area contributed by atoms with Crippen LogP contribution in [0.4, 0.5) is 0 Å². The molecule has 6 nitrogen and oxygen atoms in total. The number of carbonyl (C=O) groups is 1. The molecule has 2 atom stereocenters. The van der Waals surface area contributed by atoms with E-state index in [1.54, 1.807) is 0 Å². The van der Waals surface area contributed by atoms with Gasteiger partial charge in [0.25, 0.3) is 10.1 Å². The maximum Gasteiger partial charge on any atom is 0.267 e. The fourth-order valence-electron chi connectivity index (χ4n) is 6.34. The number of amides is 1. The summed E-state index contributed by atoms with van der Waals surface area (Å²) < 4.78 is 32.5. The molecule has 7 heteroatoms. The van der Waals surface area contributed by atoms with Crippen molar-refractivity contribution in [1.82, 2.24) is 5.32 Å². The molecule has 0 fully saturated rings. The number of aliphatic hydroxyl groups is 1. The number of nitrogens with one attached hydrogen (secondary N) is 1. The van der Waals surface area contributed by atoms with Crippen molar-refractivity contribution in [2.45, 2.75) is 225 Å². The first kappa shape index (κ1) is 48.6. The van der Waals surface area contributed by atoms with Crippen LogP contribution in [-0.4, -0.2) is 41.9 Å². The van der Waals surface area contributed by atoms with Crippen molar-refractivity contribution < 1.29 is 22.9 Å². The number of allylic oxidation sites excluding steroid dienone is 5. The van der Waals surface area contributed by atoms with Crippen molar-refractivity contribution in [1.29, 1.82) is 0 Å². The minimum Gasteiger partial charge on any atom is -0.387 e. The van der Waals surface area contributed by atoms with Gasteiger partial charge in [-0.05, 0) is 57.8 Å². The van der Waals surface area contributed by atoms with Crippen LogP contribution >= 0.6 is 0 Å². The van der Waals surface area contributed by atoms with E-state index >= 15 is 0 Å². The largest absolute Gasteiger partial charge is 0.387 e. The average molecular weight is 724 g/mol. The Balaban J connectivity index is 3.95. The van der Waals surface area contributed by atoms with Crippen LogP contribution in [0.15, 0.2) is 36.5 Å². The van der Waals surface area contributed by atoms with Crippen molar-refractivity contribution in [2.24, 2.45) is 0 Å². The van der Waals surface area contributed by atoms with E-state index in [4.69, 9.17) is 0 Å². The van der Waals surface area contributed by atoms with Gasteiger partial charge in [0, 0.05) is 6.42 Å². The van der Waals surface area contributed by atoms with Crippen LogP contribution in [0.1, 0.15) is 213 Å². The Morgan fingerprint density at radius 2 is 0.860 bits per heavy atom. The number of carbonyl (C=O) groups excluding carboxylic acids is 1. The fraction of sp³-hybridized carbons (Fsp3) is 0.837. The van der Waals surface area contributed by atoms with Crippen molar-refractivity contribution >= 4 is 16.0 Å². The summed E-state index contributed by atoms with van der Waals surface area (Å²) in [5, 5.41) is 13.2. The summed E-state index contributed by atoms with van der Waals surface area (Å²) in [6.07, 6.45) is 48.5. The molecular weight excluding hydrogens is 643 g/mol. The molecule has 0 saturated heterocycles. The Morgan fingerprint density at radius 1 is 0.520 bits per heavy atom. The minimum absolute atomic E-state index is 0.284. The molecule has 0 aromatic heterocycles. The molecule has 0 radical (unpaired) electrons. The molecule has 50 heavy (non-hydrogen) atoms. The van der Waals surface area contributed by atoms with E-state index in [1.807, 2.05) is 6.08 Å². The Kier molecular flexibility index (Phi) is 36.2. The Labute approximate surface area is 310 Å². The molecule has 0 saturated carbocycles. The van der Waals surface area contributed by atoms with Crippen LogP contribution in [-0.2, 0) is 14.9 Å². The van der Waals surface area contributed by atoms with Gasteiger partial charge in [0.2, 0.25) is 5.91 Å². The lowest BCUT2D eigenvalue weighted by atomic mass is 10.1. The number of hydrogen-bond donors (Lipinski definition) is 3. The van der Waals surface area contributed by atoms with E-state index in [9.17, 15) is 22.9 Å². The normalized spacial score (nSPS) is 13.6. The monoisotopic (exact) mass is 724 g/mol. The van der Waals surface area contributed by atoms with E-state index < -0.39 is 28.0 Å². The van der Waals surface area contributed by atoms with Gasteiger partial charge in [0.05, 0.1) is 17.9 Å². The van der Waals surface area contributed by atoms with Crippen molar-refractivity contribution in [3.63, 3.8) is 0 Å². The van der Waals surface area contributed by atoms with E-state index in [2.05, 4.69) is 43.5 Å². The summed E-state index contributed by atoms with van der Waals surface area (Å²) in [6, 6.07) is -1.07. The molecule has 3 N–H and O–H groups in total. The molecule has 0 heterocycles. The van der Waals surface area contributed by atoms with Crippen molar-refractivity contribution in [3.05, 3.63) is 36.5 Å². The second-order valence-electron chi connectivity index (χ2n) is 14.6. The van der Waals surface area contributed by atoms with Gasteiger partial charge in [-0.1, -0.05) is 185 Å². The van der Waals surface area contributed by atoms with Gasteiger partial charge >= 0.3 is 0 Å². The Morgan fingerprint density at radius 3 is 1.26 bits per heavy atom. The number of aliphatic hydroxyl groups excluding tert-OH is 1. The summed E-state index contributed by atoms with van der Waals surface area (Å²) >= 11 is 0. The first-order chi connectivity index (χ1) is 24.3. The summed E-state index contributed by atoms with van der Waals surface area (Å²) in [6.45, 7) is 4.52. The Bertz CT molecular complexity index is 930. The highest BCUT2D eigenvalue weighted by atomic mass is 32.2. The third kappa shape index (κ3) is 37.8. The van der Waals surface area contributed by atoms with Crippen LogP contribution in [0.3, 0.4) is 0 Å². The van der Waals surface area contributed by atoms with Gasteiger partial charge in [-0.25, -0.2) is 0 Å². The fourth-order valence-corrected chi connectivity index (χ4v) is 7.08. The lowest BCUT2D eigenvalue weighted by molar-refractivity contribution is -0.122. The van der Waals surface area contributed by atoms with E-state index in [-0.39, 0.29) is 12.3 Å². The van der Waals surface area contributed by atoms with Crippen LogP contribution < -0.4 is 5.32 Å². The standard InChI is InChI=1S/C43H81NO5S/c1-3-5-7-9-11-13-15-17-19-21-23-25-27-29-31-33-35-37-39-43(46)44-41(40-50(47,48)49)42(45)38-36-34-32-30-28-26-24-22-20-18-16-14-12-10-8-6-4-2/h19,21,28,30,36,38,41-42,45H,3-18,20,22-27,29,31-35,37,39-40H2,1-2H3,(H,44,46)(H,47,48,49)/b21-19-,30-28+,38-36+. The highest BCUT2D eigenvalue weighted by Gasteiger charge is 2.24. The summed E-state index contributed by atoms with van der Waals surface area (Å²) in [4.78, 5) is 12.5. The molecule has 1 amide bonds. The van der Waals surface area contributed by atoms with E-state index in [0.29, 0.717) is 6.42 Å². The lowest BCUT2D eigenvalue weighted by Gasteiger charge is -2.21. The average Bonchev–Trinajstić information content (AvgIpc) is 3.08.